The van der Waals surface area contributed by atoms with E-state index in [0.29, 0.717) is 19.6 Å². The van der Waals surface area contributed by atoms with Gasteiger partial charge in [0.05, 0.1) is 5.92 Å². The van der Waals surface area contributed by atoms with Gasteiger partial charge in [0.1, 0.15) is 0 Å². The molecular weight excluding hydrogens is 194 g/mol. The minimum absolute atomic E-state index is 0.0373. The van der Waals surface area contributed by atoms with Gasteiger partial charge in [-0.1, -0.05) is 0 Å². The van der Waals surface area contributed by atoms with Crippen LogP contribution in [0.1, 0.15) is 6.92 Å². The molecule has 0 unspecified atom stereocenters. The van der Waals surface area contributed by atoms with Crippen LogP contribution in [0.25, 0.3) is 0 Å². The van der Waals surface area contributed by atoms with Gasteiger partial charge in [0.2, 0.25) is 11.8 Å². The van der Waals surface area contributed by atoms with Gasteiger partial charge >= 0.3 is 0 Å². The summed E-state index contributed by atoms with van der Waals surface area (Å²) in [7, 11) is 3.48. The average molecular weight is 213 g/mol. The van der Waals surface area contributed by atoms with E-state index in [-0.39, 0.29) is 17.7 Å². The molecule has 0 aromatic rings. The van der Waals surface area contributed by atoms with Crippen LogP contribution in [0.3, 0.4) is 0 Å². The Bertz CT molecular complexity index is 253. The van der Waals surface area contributed by atoms with Crippen LogP contribution in [0, 0.1) is 5.92 Å². The maximum atomic E-state index is 11.8. The Morgan fingerprint density at radius 2 is 2.07 bits per heavy atom. The lowest BCUT2D eigenvalue weighted by Gasteiger charge is -2.24. The Hall–Kier alpha value is -1.10. The largest absolute Gasteiger partial charge is 0.348 e. The topological polar surface area (TPSA) is 52.7 Å². The van der Waals surface area contributed by atoms with Crippen LogP contribution in [-0.4, -0.2) is 61.9 Å². The Balaban J connectivity index is 2.64. The van der Waals surface area contributed by atoms with E-state index in [2.05, 4.69) is 5.32 Å². The van der Waals surface area contributed by atoms with Gasteiger partial charge in [-0.25, -0.2) is 0 Å². The molecule has 1 rings (SSSR count). The van der Waals surface area contributed by atoms with Crippen LogP contribution in [0.4, 0.5) is 0 Å². The van der Waals surface area contributed by atoms with Crippen molar-refractivity contribution in [3.8, 4) is 0 Å². The van der Waals surface area contributed by atoms with Crippen LogP contribution in [0.5, 0.6) is 0 Å². The number of nitrogens with one attached hydrogen (secondary N) is 1. The first-order chi connectivity index (χ1) is 7.02. The van der Waals surface area contributed by atoms with E-state index in [9.17, 15) is 9.59 Å². The molecule has 0 aromatic heterocycles. The molecule has 1 N–H and O–H groups in total. The molecule has 0 bridgehead atoms. The molecule has 1 atom stereocenters. The van der Waals surface area contributed by atoms with Crippen molar-refractivity contribution >= 4 is 11.8 Å². The quantitative estimate of drug-likeness (QED) is 0.617. The van der Waals surface area contributed by atoms with Crippen LogP contribution in [0.2, 0.25) is 0 Å². The van der Waals surface area contributed by atoms with Crippen molar-refractivity contribution in [2.45, 2.75) is 6.92 Å². The minimum atomic E-state index is -0.119. The molecule has 5 heteroatoms. The van der Waals surface area contributed by atoms with Gasteiger partial charge in [0.15, 0.2) is 0 Å². The predicted molar refractivity (Wildman–Crippen MR) is 57.3 cm³/mol. The molecule has 0 spiro atoms. The van der Waals surface area contributed by atoms with Crippen molar-refractivity contribution in [3.63, 3.8) is 0 Å². The van der Waals surface area contributed by atoms with Crippen molar-refractivity contribution in [2.75, 3.05) is 40.3 Å². The Morgan fingerprint density at radius 3 is 2.60 bits per heavy atom. The maximum Gasteiger partial charge on any atom is 0.228 e. The molecule has 1 saturated heterocycles. The zero-order valence-corrected chi connectivity index (χ0v) is 9.62. The number of amides is 2. The second-order valence-corrected chi connectivity index (χ2v) is 4.10. The maximum absolute atomic E-state index is 11.8. The van der Waals surface area contributed by atoms with Gasteiger partial charge in [-0.15, -0.1) is 0 Å². The highest BCUT2D eigenvalue weighted by Gasteiger charge is 2.26. The summed E-state index contributed by atoms with van der Waals surface area (Å²) < 4.78 is 0. The summed E-state index contributed by atoms with van der Waals surface area (Å²) in [6.07, 6.45) is 0. The molecule has 2 amide bonds. The predicted octanol–water partition coefficient (Wildman–Crippen LogP) is -0.857. The van der Waals surface area contributed by atoms with Crippen molar-refractivity contribution in [3.05, 3.63) is 0 Å². The number of hydrogen-bond acceptors (Lipinski definition) is 3. The van der Waals surface area contributed by atoms with E-state index in [0.717, 1.165) is 6.54 Å². The smallest absolute Gasteiger partial charge is 0.228 e. The van der Waals surface area contributed by atoms with Gasteiger partial charge in [0, 0.05) is 47.2 Å². The molecule has 1 heterocycles. The first-order valence-electron chi connectivity index (χ1n) is 5.19. The fourth-order valence-electron chi connectivity index (χ4n) is 1.73. The third kappa shape index (κ3) is 3.20. The molecule has 0 aliphatic carbocycles. The van der Waals surface area contributed by atoms with Crippen LogP contribution >= 0.6 is 0 Å². The molecule has 15 heavy (non-hydrogen) atoms. The van der Waals surface area contributed by atoms with Crippen molar-refractivity contribution in [1.82, 2.24) is 15.1 Å². The number of rotatable bonds is 1. The molecule has 1 aliphatic rings. The molecule has 0 aromatic carbocycles. The van der Waals surface area contributed by atoms with Gasteiger partial charge in [0.25, 0.3) is 0 Å². The summed E-state index contributed by atoms with van der Waals surface area (Å²) in [5.74, 6) is -0.00249. The second-order valence-electron chi connectivity index (χ2n) is 4.10. The summed E-state index contributed by atoms with van der Waals surface area (Å²) in [6, 6.07) is 0. The van der Waals surface area contributed by atoms with Gasteiger partial charge < -0.3 is 15.1 Å². The third-order valence-corrected chi connectivity index (χ3v) is 2.63. The van der Waals surface area contributed by atoms with Crippen molar-refractivity contribution in [2.24, 2.45) is 5.92 Å². The first kappa shape index (κ1) is 12.0. The van der Waals surface area contributed by atoms with E-state index in [4.69, 9.17) is 0 Å². The van der Waals surface area contributed by atoms with Crippen molar-refractivity contribution in [1.29, 1.82) is 0 Å². The molecule has 86 valence electrons. The lowest BCUT2D eigenvalue weighted by molar-refractivity contribution is -0.135. The Labute approximate surface area is 90.4 Å². The van der Waals surface area contributed by atoms with E-state index < -0.39 is 0 Å². The number of carbonyl (C=O) groups excluding carboxylic acids is 2. The molecule has 1 aliphatic heterocycles. The fraction of sp³-hybridized carbons (Fsp3) is 0.800. The highest BCUT2D eigenvalue weighted by atomic mass is 16.2. The normalized spacial score (nSPS) is 22.1. The minimum Gasteiger partial charge on any atom is -0.348 e. The summed E-state index contributed by atoms with van der Waals surface area (Å²) in [4.78, 5) is 26.3. The standard InChI is InChI=1S/C10H19N3O2/c1-8(14)13-5-4-11-6-9(7-13)10(15)12(2)3/h9,11H,4-7H2,1-3H3/t9-/m1/s1. The van der Waals surface area contributed by atoms with Crippen LogP contribution in [-0.2, 0) is 9.59 Å². The summed E-state index contributed by atoms with van der Waals surface area (Å²) in [6.45, 7) is 4.17. The van der Waals surface area contributed by atoms with E-state index >= 15 is 0 Å². The van der Waals surface area contributed by atoms with Crippen LogP contribution in [0.15, 0.2) is 0 Å². The highest BCUT2D eigenvalue weighted by molar-refractivity contribution is 5.80. The van der Waals surface area contributed by atoms with E-state index in [1.54, 1.807) is 30.8 Å². The fourth-order valence-corrected chi connectivity index (χ4v) is 1.73. The SMILES string of the molecule is CC(=O)N1CCNC[C@@H](C(=O)N(C)C)C1. The number of carbonyl (C=O) groups is 2. The zero-order valence-electron chi connectivity index (χ0n) is 9.62. The molecular formula is C10H19N3O2. The number of hydrogen-bond donors (Lipinski definition) is 1. The third-order valence-electron chi connectivity index (χ3n) is 2.63. The summed E-state index contributed by atoms with van der Waals surface area (Å²) in [5, 5.41) is 3.18. The summed E-state index contributed by atoms with van der Waals surface area (Å²) in [5.41, 5.74) is 0. The van der Waals surface area contributed by atoms with Crippen molar-refractivity contribution < 1.29 is 9.59 Å². The Morgan fingerprint density at radius 1 is 1.40 bits per heavy atom. The molecule has 1 fully saturated rings. The van der Waals surface area contributed by atoms with E-state index in [1.807, 2.05) is 0 Å². The average Bonchev–Trinajstić information content (AvgIpc) is 2.41. The van der Waals surface area contributed by atoms with E-state index in [1.165, 1.54) is 0 Å². The van der Waals surface area contributed by atoms with Gasteiger partial charge in [-0.2, -0.15) is 0 Å². The lowest BCUT2D eigenvalue weighted by Crippen LogP contribution is -2.41. The Kier molecular flexibility index (Phi) is 4.08. The summed E-state index contributed by atoms with van der Waals surface area (Å²) >= 11 is 0. The first-order valence-corrected chi connectivity index (χ1v) is 5.19. The van der Waals surface area contributed by atoms with Gasteiger partial charge in [-0.3, -0.25) is 9.59 Å². The van der Waals surface area contributed by atoms with Crippen LogP contribution < -0.4 is 5.32 Å². The lowest BCUT2D eigenvalue weighted by atomic mass is 10.1. The number of nitrogens with zero attached hydrogens (tertiary/aromatic N) is 2. The zero-order chi connectivity index (χ0) is 11.4. The molecule has 5 nitrogen and oxygen atoms in total. The molecule has 0 radical (unpaired) electrons. The highest BCUT2D eigenvalue weighted by Crippen LogP contribution is 2.06. The second kappa shape index (κ2) is 5.11. The monoisotopic (exact) mass is 213 g/mol. The van der Waals surface area contributed by atoms with Gasteiger partial charge in [-0.05, 0) is 0 Å². The molecule has 0 saturated carbocycles.